The van der Waals surface area contributed by atoms with Crippen LogP contribution in [0.4, 0.5) is 13.6 Å². The molecule has 0 aromatic heterocycles. The molecular formula is C20H21F2NO2. The summed E-state index contributed by atoms with van der Waals surface area (Å²) in [7, 11) is 0. The minimum Gasteiger partial charge on any atom is -0.444 e. The molecule has 3 rings (SSSR count). The molecule has 0 aliphatic carbocycles. The number of benzene rings is 2. The first-order valence-electron chi connectivity index (χ1n) is 8.29. The van der Waals surface area contributed by atoms with Gasteiger partial charge >= 0.3 is 6.09 Å². The van der Waals surface area contributed by atoms with Crippen molar-refractivity contribution in [2.45, 2.75) is 39.3 Å². The lowest BCUT2D eigenvalue weighted by Crippen LogP contribution is -2.40. The molecule has 3 nitrogen and oxygen atoms in total. The Bertz CT molecular complexity index is 812. The maximum absolute atomic E-state index is 14.3. The Morgan fingerprint density at radius 3 is 2.48 bits per heavy atom. The van der Waals surface area contributed by atoms with E-state index >= 15 is 0 Å². The van der Waals surface area contributed by atoms with E-state index in [1.807, 2.05) is 32.9 Å². The highest BCUT2D eigenvalue weighted by Gasteiger charge is 2.27. The van der Waals surface area contributed by atoms with Gasteiger partial charge in [0, 0.05) is 18.7 Å². The molecular weight excluding hydrogens is 324 g/mol. The monoisotopic (exact) mass is 345 g/mol. The van der Waals surface area contributed by atoms with Gasteiger partial charge in [-0.3, -0.25) is 0 Å². The van der Waals surface area contributed by atoms with Crippen molar-refractivity contribution in [2.24, 2.45) is 0 Å². The molecule has 0 N–H and O–H groups in total. The quantitative estimate of drug-likeness (QED) is 0.734. The van der Waals surface area contributed by atoms with Crippen LogP contribution in [0.3, 0.4) is 0 Å². The molecule has 0 saturated carbocycles. The number of carbonyl (C=O) groups excluding carboxylic acids is 1. The Hall–Kier alpha value is -2.43. The summed E-state index contributed by atoms with van der Waals surface area (Å²) in [5.74, 6) is -1.75. The molecule has 2 aromatic rings. The van der Waals surface area contributed by atoms with E-state index in [1.165, 1.54) is 6.07 Å². The number of ether oxygens (including phenoxy) is 1. The number of hydrogen-bond donors (Lipinski definition) is 0. The first-order chi connectivity index (χ1) is 11.8. The van der Waals surface area contributed by atoms with Gasteiger partial charge in [-0.1, -0.05) is 30.3 Å². The topological polar surface area (TPSA) is 29.5 Å². The average molecular weight is 345 g/mol. The van der Waals surface area contributed by atoms with E-state index in [4.69, 9.17) is 4.74 Å². The number of carbonyl (C=O) groups is 1. The zero-order valence-electron chi connectivity index (χ0n) is 14.6. The average Bonchev–Trinajstić information content (AvgIpc) is 2.55. The lowest BCUT2D eigenvalue weighted by Gasteiger charge is -2.32. The van der Waals surface area contributed by atoms with Gasteiger partial charge in [0.25, 0.3) is 0 Å². The van der Waals surface area contributed by atoms with Crippen LogP contribution in [0.15, 0.2) is 36.4 Å². The van der Waals surface area contributed by atoms with Crippen LogP contribution >= 0.6 is 0 Å². The molecule has 0 bridgehead atoms. The van der Waals surface area contributed by atoms with E-state index in [-0.39, 0.29) is 5.56 Å². The molecule has 1 amide bonds. The van der Waals surface area contributed by atoms with Gasteiger partial charge in [0.2, 0.25) is 0 Å². The zero-order chi connectivity index (χ0) is 18.2. The number of hydrogen-bond acceptors (Lipinski definition) is 2. The van der Waals surface area contributed by atoms with Gasteiger partial charge in [-0.05, 0) is 49.9 Å². The first kappa shape index (κ1) is 17.4. The van der Waals surface area contributed by atoms with Crippen LogP contribution in [-0.4, -0.2) is 23.1 Å². The summed E-state index contributed by atoms with van der Waals surface area (Å²) in [5, 5.41) is 0. The van der Waals surface area contributed by atoms with Crippen molar-refractivity contribution < 1.29 is 18.3 Å². The Kier molecular flexibility index (Phi) is 4.50. The molecule has 0 atom stereocenters. The van der Waals surface area contributed by atoms with Crippen LogP contribution in [0.25, 0.3) is 11.1 Å². The van der Waals surface area contributed by atoms with Crippen LogP contribution < -0.4 is 0 Å². The van der Waals surface area contributed by atoms with Gasteiger partial charge in [0.15, 0.2) is 11.6 Å². The standard InChI is InChI=1S/C20H21F2NO2/c1-20(2,3)25-19(24)23-11-10-13-6-4-7-14(16(13)12-23)15-8-5-9-17(21)18(15)22/h4-9H,10-12H2,1-3H3. The molecule has 25 heavy (non-hydrogen) atoms. The third kappa shape index (κ3) is 3.65. The minimum atomic E-state index is -0.880. The summed E-state index contributed by atoms with van der Waals surface area (Å²) in [6.45, 7) is 6.30. The van der Waals surface area contributed by atoms with E-state index in [9.17, 15) is 13.6 Å². The number of nitrogens with zero attached hydrogens (tertiary/aromatic N) is 1. The number of halogens is 2. The fraction of sp³-hybridized carbons (Fsp3) is 0.350. The molecule has 0 saturated heterocycles. The van der Waals surface area contributed by atoms with Crippen molar-refractivity contribution in [2.75, 3.05) is 6.54 Å². The highest BCUT2D eigenvalue weighted by molar-refractivity contribution is 5.73. The molecule has 0 radical (unpaired) electrons. The number of amides is 1. The SMILES string of the molecule is CC(C)(C)OC(=O)N1CCc2cccc(-c3cccc(F)c3F)c2C1. The smallest absolute Gasteiger partial charge is 0.410 e. The van der Waals surface area contributed by atoms with E-state index in [1.54, 1.807) is 17.0 Å². The fourth-order valence-electron chi connectivity index (χ4n) is 3.03. The molecule has 1 aliphatic rings. The van der Waals surface area contributed by atoms with Crippen LogP contribution in [0.5, 0.6) is 0 Å². The van der Waals surface area contributed by atoms with E-state index in [2.05, 4.69) is 0 Å². The molecule has 1 heterocycles. The lowest BCUT2D eigenvalue weighted by molar-refractivity contribution is 0.0224. The van der Waals surface area contributed by atoms with Crippen molar-refractivity contribution in [1.82, 2.24) is 4.90 Å². The van der Waals surface area contributed by atoms with Crippen LogP contribution in [0.2, 0.25) is 0 Å². The highest BCUT2D eigenvalue weighted by atomic mass is 19.2. The van der Waals surface area contributed by atoms with Crippen molar-refractivity contribution in [3.63, 3.8) is 0 Å². The Morgan fingerprint density at radius 2 is 1.76 bits per heavy atom. The summed E-state index contributed by atoms with van der Waals surface area (Å²) < 4.78 is 33.3. The molecule has 1 aliphatic heterocycles. The van der Waals surface area contributed by atoms with Crippen molar-refractivity contribution in [3.05, 3.63) is 59.2 Å². The third-order valence-electron chi connectivity index (χ3n) is 4.17. The van der Waals surface area contributed by atoms with Crippen LogP contribution in [-0.2, 0) is 17.7 Å². The van der Waals surface area contributed by atoms with Crippen molar-refractivity contribution >= 4 is 6.09 Å². The summed E-state index contributed by atoms with van der Waals surface area (Å²) in [5.41, 5.74) is 2.13. The minimum absolute atomic E-state index is 0.211. The Morgan fingerprint density at radius 1 is 1.08 bits per heavy atom. The number of fused-ring (bicyclic) bond motifs is 1. The second kappa shape index (κ2) is 6.47. The van der Waals surface area contributed by atoms with Crippen molar-refractivity contribution in [3.8, 4) is 11.1 Å². The summed E-state index contributed by atoms with van der Waals surface area (Å²) in [6, 6.07) is 9.70. The number of rotatable bonds is 1. The van der Waals surface area contributed by atoms with Crippen LogP contribution in [0.1, 0.15) is 31.9 Å². The third-order valence-corrected chi connectivity index (χ3v) is 4.17. The van der Waals surface area contributed by atoms with Crippen molar-refractivity contribution in [1.29, 1.82) is 0 Å². The Balaban J connectivity index is 1.96. The van der Waals surface area contributed by atoms with Gasteiger partial charge in [0.1, 0.15) is 5.60 Å². The van der Waals surface area contributed by atoms with Crippen LogP contribution in [0, 0.1) is 11.6 Å². The van der Waals surface area contributed by atoms with E-state index < -0.39 is 23.3 Å². The fourth-order valence-corrected chi connectivity index (χ4v) is 3.03. The van der Waals surface area contributed by atoms with Gasteiger partial charge in [-0.25, -0.2) is 13.6 Å². The molecule has 0 unspecified atom stereocenters. The summed E-state index contributed by atoms with van der Waals surface area (Å²) in [4.78, 5) is 14.0. The second-order valence-corrected chi connectivity index (χ2v) is 7.20. The predicted molar refractivity (Wildman–Crippen MR) is 92.1 cm³/mol. The maximum atomic E-state index is 14.3. The zero-order valence-corrected chi connectivity index (χ0v) is 14.6. The predicted octanol–water partition coefficient (Wildman–Crippen LogP) is 4.93. The summed E-state index contributed by atoms with van der Waals surface area (Å²) in [6.07, 6.45) is 0.256. The molecule has 5 heteroatoms. The highest BCUT2D eigenvalue weighted by Crippen LogP contribution is 2.33. The Labute approximate surface area is 146 Å². The van der Waals surface area contributed by atoms with Gasteiger partial charge < -0.3 is 9.64 Å². The molecule has 132 valence electrons. The van der Waals surface area contributed by atoms with Gasteiger partial charge in [-0.2, -0.15) is 0 Å². The van der Waals surface area contributed by atoms with E-state index in [0.29, 0.717) is 25.1 Å². The van der Waals surface area contributed by atoms with E-state index in [0.717, 1.165) is 17.2 Å². The lowest BCUT2D eigenvalue weighted by atomic mass is 9.91. The summed E-state index contributed by atoms with van der Waals surface area (Å²) >= 11 is 0. The van der Waals surface area contributed by atoms with Gasteiger partial charge in [-0.15, -0.1) is 0 Å². The maximum Gasteiger partial charge on any atom is 0.410 e. The normalized spacial score (nSPS) is 14.2. The first-order valence-corrected chi connectivity index (χ1v) is 8.29. The van der Waals surface area contributed by atoms with Gasteiger partial charge in [0.05, 0.1) is 0 Å². The molecule has 0 fully saturated rings. The largest absolute Gasteiger partial charge is 0.444 e. The molecule has 2 aromatic carbocycles. The second-order valence-electron chi connectivity index (χ2n) is 7.20. The molecule has 0 spiro atoms.